The van der Waals surface area contributed by atoms with E-state index in [1.54, 1.807) is 6.07 Å². The minimum atomic E-state index is -5.96. The second-order valence-corrected chi connectivity index (χ2v) is 7.13. The highest BCUT2D eigenvalue weighted by Gasteiger charge is 2.49. The molecule has 136 valence electrons. The molecule has 0 atom stereocenters. The van der Waals surface area contributed by atoms with Crippen LogP contribution in [0.5, 0.6) is 11.5 Å². The Morgan fingerprint density at radius 2 is 2.04 bits per heavy atom. The summed E-state index contributed by atoms with van der Waals surface area (Å²) in [5.74, 6) is -0.894. The van der Waals surface area contributed by atoms with Crippen molar-refractivity contribution >= 4 is 15.6 Å². The molecule has 0 spiro atoms. The van der Waals surface area contributed by atoms with E-state index in [1.807, 2.05) is 0 Å². The molecule has 0 bridgehead atoms. The van der Waals surface area contributed by atoms with E-state index in [4.69, 9.17) is 10.00 Å². The van der Waals surface area contributed by atoms with Crippen molar-refractivity contribution in [3.63, 3.8) is 0 Å². The monoisotopic (exact) mass is 379 g/mol. The lowest BCUT2D eigenvalue weighted by Crippen LogP contribution is -2.29. The van der Waals surface area contributed by atoms with E-state index in [0.29, 0.717) is 0 Å². The molecule has 0 aliphatic heterocycles. The molecule has 0 saturated heterocycles. The lowest BCUT2D eigenvalue weighted by atomic mass is 10.2. The molecule has 2 aromatic rings. The molecule has 0 aliphatic carbocycles. The zero-order chi connectivity index (χ0) is 19.0. The quantitative estimate of drug-likeness (QED) is 0.620. The van der Waals surface area contributed by atoms with Crippen LogP contribution >= 0.6 is 0 Å². The van der Waals surface area contributed by atoms with Gasteiger partial charge in [0.05, 0.1) is 18.0 Å². The number of nitrogens with zero attached hydrogens (tertiary/aromatic N) is 3. The molecule has 8 nitrogen and oxygen atoms in total. The van der Waals surface area contributed by atoms with E-state index in [-0.39, 0.29) is 23.4 Å². The van der Waals surface area contributed by atoms with Gasteiger partial charge < -0.3 is 14.0 Å². The number of fused-ring (bicyclic) bond motifs is 1. The van der Waals surface area contributed by atoms with Crippen LogP contribution in [0.2, 0.25) is 0 Å². The smallest absolute Gasteiger partial charge is 0.489 e. The van der Waals surface area contributed by atoms with Crippen molar-refractivity contribution < 1.29 is 35.6 Å². The standard InChI is InChI=1S/C13H12F3N3O5S/c1-12(2,20)7-23-9-3-10(24-25(21,22)13(14,15)16)11-8(4-17)5-18-19(11)6-9/h3,5-6,20H,7H2,1-2H3. The molecule has 0 saturated carbocycles. The second kappa shape index (κ2) is 6.08. The van der Waals surface area contributed by atoms with Crippen LogP contribution in [0.15, 0.2) is 18.5 Å². The van der Waals surface area contributed by atoms with Gasteiger partial charge >= 0.3 is 15.6 Å². The third kappa shape index (κ3) is 4.12. The number of nitriles is 1. The molecule has 0 unspecified atom stereocenters. The van der Waals surface area contributed by atoms with Crippen molar-refractivity contribution in [1.82, 2.24) is 9.61 Å². The molecule has 0 aliphatic rings. The van der Waals surface area contributed by atoms with Gasteiger partial charge in [0.25, 0.3) is 0 Å². The summed E-state index contributed by atoms with van der Waals surface area (Å²) in [7, 11) is -5.96. The third-order valence-corrected chi connectivity index (χ3v) is 3.71. The van der Waals surface area contributed by atoms with E-state index in [1.165, 1.54) is 20.0 Å². The first kappa shape index (κ1) is 18.8. The fraction of sp³-hybridized carbons (Fsp3) is 0.385. The summed E-state index contributed by atoms with van der Waals surface area (Å²) in [5, 5.41) is 22.4. The summed E-state index contributed by atoms with van der Waals surface area (Å²) in [5.41, 5.74) is -7.37. The minimum absolute atomic E-state index is 0.116. The number of rotatable bonds is 5. The summed E-state index contributed by atoms with van der Waals surface area (Å²) >= 11 is 0. The molecule has 1 N–H and O–H groups in total. The van der Waals surface area contributed by atoms with E-state index in [2.05, 4.69) is 9.28 Å². The maximum atomic E-state index is 12.6. The lowest BCUT2D eigenvalue weighted by molar-refractivity contribution is -0.0499. The Bertz CT molecular complexity index is 939. The van der Waals surface area contributed by atoms with Gasteiger partial charge in [0.15, 0.2) is 5.75 Å². The van der Waals surface area contributed by atoms with Crippen molar-refractivity contribution in [2.45, 2.75) is 25.0 Å². The Morgan fingerprint density at radius 3 is 2.56 bits per heavy atom. The van der Waals surface area contributed by atoms with Gasteiger partial charge in [-0.2, -0.15) is 31.9 Å². The molecule has 2 heterocycles. The Morgan fingerprint density at radius 1 is 1.40 bits per heavy atom. The molecule has 0 amide bonds. The largest absolute Gasteiger partial charge is 0.534 e. The van der Waals surface area contributed by atoms with E-state index in [9.17, 15) is 26.7 Å². The molecule has 2 rings (SSSR count). The number of aromatic nitrogens is 2. The van der Waals surface area contributed by atoms with E-state index in [0.717, 1.165) is 16.8 Å². The lowest BCUT2D eigenvalue weighted by Gasteiger charge is -2.18. The van der Waals surface area contributed by atoms with Gasteiger partial charge in [-0.25, -0.2) is 4.52 Å². The van der Waals surface area contributed by atoms with E-state index < -0.39 is 27.0 Å². The fourth-order valence-electron chi connectivity index (χ4n) is 1.71. The number of alkyl halides is 3. The van der Waals surface area contributed by atoms with Crippen LogP contribution in [0.25, 0.3) is 5.52 Å². The Kier molecular flexibility index (Phi) is 4.58. The third-order valence-electron chi connectivity index (χ3n) is 2.75. The highest BCUT2D eigenvalue weighted by Crippen LogP contribution is 2.33. The number of ether oxygens (including phenoxy) is 1. The first-order chi connectivity index (χ1) is 11.3. The van der Waals surface area contributed by atoms with Crippen LogP contribution in [0.1, 0.15) is 19.4 Å². The summed E-state index contributed by atoms with van der Waals surface area (Å²) in [6.45, 7) is 2.62. The van der Waals surface area contributed by atoms with Crippen molar-refractivity contribution in [2.24, 2.45) is 0 Å². The molecule has 2 aromatic heterocycles. The highest BCUT2D eigenvalue weighted by molar-refractivity contribution is 7.88. The summed E-state index contributed by atoms with van der Waals surface area (Å²) in [6.07, 6.45) is 2.23. The maximum absolute atomic E-state index is 12.6. The van der Waals surface area contributed by atoms with Gasteiger partial charge in [-0.3, -0.25) is 0 Å². The van der Waals surface area contributed by atoms with Gasteiger partial charge in [0, 0.05) is 6.07 Å². The molecule has 0 radical (unpaired) electrons. The Labute approximate surface area is 140 Å². The van der Waals surface area contributed by atoms with Gasteiger partial charge in [-0.15, -0.1) is 0 Å². The minimum Gasteiger partial charge on any atom is -0.489 e. The number of aliphatic hydroxyl groups is 1. The van der Waals surface area contributed by atoms with Gasteiger partial charge in [-0.1, -0.05) is 0 Å². The normalized spacial score (nSPS) is 12.8. The van der Waals surface area contributed by atoms with Gasteiger partial charge in [0.2, 0.25) is 0 Å². The summed E-state index contributed by atoms with van der Waals surface area (Å²) in [4.78, 5) is 0. The first-order valence-corrected chi connectivity index (χ1v) is 8.02. The average molecular weight is 379 g/mol. The van der Waals surface area contributed by atoms with Gasteiger partial charge in [-0.05, 0) is 13.8 Å². The molecule has 25 heavy (non-hydrogen) atoms. The highest BCUT2D eigenvalue weighted by atomic mass is 32.2. The van der Waals surface area contributed by atoms with Crippen molar-refractivity contribution in [2.75, 3.05) is 6.61 Å². The molecular formula is C13H12F3N3O5S. The van der Waals surface area contributed by atoms with E-state index >= 15 is 0 Å². The molecule has 12 heteroatoms. The maximum Gasteiger partial charge on any atom is 0.534 e. The zero-order valence-electron chi connectivity index (χ0n) is 12.9. The topological polar surface area (TPSA) is 114 Å². The van der Waals surface area contributed by atoms with Crippen LogP contribution in [0, 0.1) is 11.3 Å². The predicted molar refractivity (Wildman–Crippen MR) is 77.3 cm³/mol. The molecule has 0 fully saturated rings. The fourth-order valence-corrected chi connectivity index (χ4v) is 2.17. The molecular weight excluding hydrogens is 367 g/mol. The van der Waals surface area contributed by atoms with Crippen molar-refractivity contribution in [1.29, 1.82) is 5.26 Å². The van der Waals surface area contributed by atoms with Crippen LogP contribution < -0.4 is 8.92 Å². The van der Waals surface area contributed by atoms with Crippen molar-refractivity contribution in [3.8, 4) is 17.6 Å². The van der Waals surface area contributed by atoms with Crippen LogP contribution in [0.4, 0.5) is 13.2 Å². The van der Waals surface area contributed by atoms with Crippen LogP contribution in [-0.4, -0.2) is 40.9 Å². The SMILES string of the molecule is CC(C)(O)COc1cc(OS(=O)(=O)C(F)(F)F)c2c(C#N)cnn2c1. The number of hydrogen-bond donors (Lipinski definition) is 1. The predicted octanol–water partition coefficient (Wildman–Crippen LogP) is 1.58. The number of halogens is 3. The Hall–Kier alpha value is -2.52. The van der Waals surface area contributed by atoms with Crippen LogP contribution in [0.3, 0.4) is 0 Å². The van der Waals surface area contributed by atoms with Crippen LogP contribution in [-0.2, 0) is 10.1 Å². The second-order valence-electron chi connectivity index (χ2n) is 5.59. The average Bonchev–Trinajstić information content (AvgIpc) is 2.86. The first-order valence-electron chi connectivity index (χ1n) is 6.61. The molecule has 0 aromatic carbocycles. The van der Waals surface area contributed by atoms with Gasteiger partial charge in [0.1, 0.15) is 29.5 Å². The van der Waals surface area contributed by atoms with Crippen molar-refractivity contribution in [3.05, 3.63) is 24.0 Å². The zero-order valence-corrected chi connectivity index (χ0v) is 13.7. The Balaban J connectivity index is 2.55. The number of hydrogen-bond acceptors (Lipinski definition) is 7. The summed E-state index contributed by atoms with van der Waals surface area (Å²) in [6, 6.07) is 2.54. The summed E-state index contributed by atoms with van der Waals surface area (Å²) < 4.78 is 70.6. The number of pyridine rings is 1.